The highest BCUT2D eigenvalue weighted by atomic mass is 31.0. The van der Waals surface area contributed by atoms with Crippen LogP contribution in [0.5, 0.6) is 0 Å². The summed E-state index contributed by atoms with van der Waals surface area (Å²) < 4.78 is 41.5. The third-order valence-corrected chi connectivity index (χ3v) is 5.55. The van der Waals surface area contributed by atoms with E-state index in [2.05, 4.69) is 19.2 Å². The normalized spacial score (nSPS) is 13.0. The lowest BCUT2D eigenvalue weighted by atomic mass is 10.1. The first-order chi connectivity index (χ1) is 15.3. The summed E-state index contributed by atoms with van der Waals surface area (Å²) in [4.78, 5) is 19.2. The van der Waals surface area contributed by atoms with Crippen molar-refractivity contribution in [1.29, 1.82) is 0 Å². The standard InChI is InChI=1S/C23H20F3N4OP/c24-14-4-1-3-13(9-14)22(32)23(31)30(16-7-8-16)21-11-15(27)10-20(29-21)28-12-17-18(25)5-2-6-19(17)26/h1-6,9-11,16,32H,7-8,12H2,(H3,27,28,29). The Morgan fingerprint density at radius 3 is 2.44 bits per heavy atom. The molecule has 9 heteroatoms. The van der Waals surface area contributed by atoms with E-state index in [4.69, 9.17) is 5.73 Å². The third-order valence-electron chi connectivity index (χ3n) is 5.05. The molecule has 1 amide bonds. The van der Waals surface area contributed by atoms with Crippen molar-refractivity contribution < 1.29 is 18.0 Å². The molecule has 1 aromatic heterocycles. The van der Waals surface area contributed by atoms with E-state index in [0.717, 1.165) is 12.8 Å². The second kappa shape index (κ2) is 9.01. The molecule has 1 fully saturated rings. The number of pyridine rings is 1. The molecule has 164 valence electrons. The molecule has 1 heterocycles. The van der Waals surface area contributed by atoms with Gasteiger partial charge in [0.25, 0.3) is 5.91 Å². The molecule has 4 rings (SSSR count). The lowest BCUT2D eigenvalue weighted by Crippen LogP contribution is -2.38. The molecule has 32 heavy (non-hydrogen) atoms. The number of nitrogens with zero attached hydrogens (tertiary/aromatic N) is 2. The van der Waals surface area contributed by atoms with Gasteiger partial charge in [-0.1, -0.05) is 18.2 Å². The molecule has 3 aromatic rings. The summed E-state index contributed by atoms with van der Waals surface area (Å²) in [6, 6.07) is 12.3. The van der Waals surface area contributed by atoms with Crippen LogP contribution in [0.2, 0.25) is 0 Å². The molecular formula is C23H20F3N4OP. The largest absolute Gasteiger partial charge is 0.399 e. The molecule has 5 nitrogen and oxygen atoms in total. The summed E-state index contributed by atoms with van der Waals surface area (Å²) >= 11 is 0. The highest BCUT2D eigenvalue weighted by Crippen LogP contribution is 2.33. The number of hydrogen-bond acceptors (Lipinski definition) is 4. The number of benzene rings is 2. The Hall–Kier alpha value is -3.38. The van der Waals surface area contributed by atoms with Gasteiger partial charge in [-0.05, 0) is 42.7 Å². The monoisotopic (exact) mass is 456 g/mol. The highest BCUT2D eigenvalue weighted by molar-refractivity contribution is 7.27. The molecule has 0 aliphatic heterocycles. The van der Waals surface area contributed by atoms with Crippen molar-refractivity contribution in [3.63, 3.8) is 0 Å². The Kier molecular flexibility index (Phi) is 6.15. The molecule has 3 N–H and O–H groups in total. The smallest absolute Gasteiger partial charge is 0.264 e. The first-order valence-corrected chi connectivity index (χ1v) is 10.5. The van der Waals surface area contributed by atoms with Crippen LogP contribution >= 0.6 is 8.86 Å². The number of nitrogens with one attached hydrogen (secondary N) is 1. The fraction of sp³-hybridized carbons (Fsp3) is 0.174. The van der Waals surface area contributed by atoms with E-state index in [1.165, 1.54) is 47.4 Å². The number of amides is 1. The number of anilines is 3. The molecule has 0 unspecified atom stereocenters. The number of aromatic nitrogens is 1. The van der Waals surface area contributed by atoms with Gasteiger partial charge in [-0.25, -0.2) is 18.2 Å². The van der Waals surface area contributed by atoms with Gasteiger partial charge in [-0.15, -0.1) is 8.86 Å². The summed E-state index contributed by atoms with van der Waals surface area (Å²) in [6.07, 6.45) is 1.57. The van der Waals surface area contributed by atoms with Crippen molar-refractivity contribution in [2.75, 3.05) is 16.0 Å². The maximum Gasteiger partial charge on any atom is 0.264 e. The molecule has 0 spiro atoms. The lowest BCUT2D eigenvalue weighted by molar-refractivity contribution is -0.112. The minimum absolute atomic E-state index is 0.0754. The number of hydrogen-bond donors (Lipinski definition) is 2. The van der Waals surface area contributed by atoms with Gasteiger partial charge in [0.15, 0.2) is 0 Å². The minimum atomic E-state index is -0.676. The first-order valence-electron chi connectivity index (χ1n) is 9.96. The van der Waals surface area contributed by atoms with Crippen LogP contribution < -0.4 is 16.0 Å². The Morgan fingerprint density at radius 2 is 1.78 bits per heavy atom. The molecule has 0 saturated heterocycles. The fourth-order valence-corrected chi connectivity index (χ4v) is 3.58. The SMILES string of the molecule is Nc1cc(NCc2c(F)cccc2F)nc(N(C(=O)C(=P)c2cccc(F)c2)C2CC2)c1. The quantitative estimate of drug-likeness (QED) is 0.512. The zero-order valence-corrected chi connectivity index (χ0v) is 17.9. The number of carbonyl (C=O) groups excluding carboxylic acids is 1. The molecule has 1 aliphatic rings. The summed E-state index contributed by atoms with van der Waals surface area (Å²) in [7, 11) is 3.36. The van der Waals surface area contributed by atoms with Gasteiger partial charge in [0.2, 0.25) is 0 Å². The van der Waals surface area contributed by atoms with Crippen molar-refractivity contribution in [3.8, 4) is 0 Å². The topological polar surface area (TPSA) is 71.2 Å². The van der Waals surface area contributed by atoms with E-state index in [1.54, 1.807) is 12.1 Å². The number of rotatable bonds is 7. The maximum atomic E-state index is 13.9. The van der Waals surface area contributed by atoms with Crippen LogP contribution in [0.3, 0.4) is 0 Å². The zero-order valence-electron chi connectivity index (χ0n) is 16.9. The highest BCUT2D eigenvalue weighted by Gasteiger charge is 2.36. The summed E-state index contributed by atoms with van der Waals surface area (Å²) in [5.41, 5.74) is 6.61. The molecule has 0 radical (unpaired) electrons. The van der Waals surface area contributed by atoms with Crippen LogP contribution in [-0.2, 0) is 11.3 Å². The average Bonchev–Trinajstić information content (AvgIpc) is 3.57. The van der Waals surface area contributed by atoms with E-state index in [1.807, 2.05) is 0 Å². The average molecular weight is 456 g/mol. The number of nitrogen functional groups attached to an aromatic ring is 1. The molecular weight excluding hydrogens is 436 g/mol. The Balaban J connectivity index is 1.60. The van der Waals surface area contributed by atoms with E-state index in [9.17, 15) is 18.0 Å². The number of carbonyl (C=O) groups is 1. The van der Waals surface area contributed by atoms with Crippen molar-refractivity contribution >= 4 is 37.4 Å². The van der Waals surface area contributed by atoms with Crippen molar-refractivity contribution in [2.24, 2.45) is 0 Å². The third kappa shape index (κ3) is 4.75. The van der Waals surface area contributed by atoms with Gasteiger partial charge in [-0.2, -0.15) is 0 Å². The van der Waals surface area contributed by atoms with Crippen molar-refractivity contribution in [1.82, 2.24) is 4.98 Å². The van der Waals surface area contributed by atoms with Gasteiger partial charge in [0.1, 0.15) is 29.1 Å². The van der Waals surface area contributed by atoms with Gasteiger partial charge in [0, 0.05) is 36.0 Å². The second-order valence-corrected chi connectivity index (χ2v) is 7.99. The Bertz CT molecular complexity index is 1180. The predicted molar refractivity (Wildman–Crippen MR) is 122 cm³/mol. The summed E-state index contributed by atoms with van der Waals surface area (Å²) in [6.45, 7) is -0.148. The lowest BCUT2D eigenvalue weighted by Gasteiger charge is -2.23. The van der Waals surface area contributed by atoms with Crippen LogP contribution in [0.25, 0.3) is 0 Å². The van der Waals surface area contributed by atoms with E-state index in [-0.39, 0.29) is 35.2 Å². The van der Waals surface area contributed by atoms with Crippen LogP contribution in [0.4, 0.5) is 30.5 Å². The number of halogens is 3. The first kappa shape index (κ1) is 21.8. The van der Waals surface area contributed by atoms with Crippen molar-refractivity contribution in [3.05, 3.63) is 83.2 Å². The fourth-order valence-electron chi connectivity index (χ4n) is 3.31. The van der Waals surface area contributed by atoms with Crippen LogP contribution in [0.1, 0.15) is 24.0 Å². The van der Waals surface area contributed by atoms with Crippen LogP contribution in [0.15, 0.2) is 54.6 Å². The summed E-state index contributed by atoms with van der Waals surface area (Å²) in [5.74, 6) is -1.64. The zero-order chi connectivity index (χ0) is 22.8. The molecule has 0 atom stereocenters. The summed E-state index contributed by atoms with van der Waals surface area (Å²) in [5, 5.41) is 3.05. The molecule has 1 saturated carbocycles. The number of nitrogens with two attached hydrogens (primary N) is 1. The maximum absolute atomic E-state index is 13.9. The molecule has 2 aromatic carbocycles. The van der Waals surface area contributed by atoms with Gasteiger partial charge in [0.05, 0.1) is 5.29 Å². The predicted octanol–water partition coefficient (Wildman–Crippen LogP) is 4.55. The van der Waals surface area contributed by atoms with E-state index >= 15 is 0 Å². The van der Waals surface area contributed by atoms with E-state index in [0.29, 0.717) is 17.1 Å². The molecule has 1 aliphatic carbocycles. The van der Waals surface area contributed by atoms with E-state index < -0.39 is 17.5 Å². The van der Waals surface area contributed by atoms with Gasteiger partial charge >= 0.3 is 0 Å². The second-order valence-electron chi connectivity index (χ2n) is 7.49. The van der Waals surface area contributed by atoms with Crippen LogP contribution in [-0.4, -0.2) is 22.2 Å². The minimum Gasteiger partial charge on any atom is -0.399 e. The van der Waals surface area contributed by atoms with Crippen molar-refractivity contribution in [2.45, 2.75) is 25.4 Å². The Labute approximate surface area is 185 Å². The van der Waals surface area contributed by atoms with Gasteiger partial charge < -0.3 is 11.1 Å². The van der Waals surface area contributed by atoms with Gasteiger partial charge in [-0.3, -0.25) is 9.69 Å². The van der Waals surface area contributed by atoms with Crippen LogP contribution in [0, 0.1) is 17.5 Å². The molecule has 0 bridgehead atoms. The Morgan fingerprint density at radius 1 is 1.09 bits per heavy atom.